The molecule has 34 heavy (non-hydrogen) atoms. The fraction of sp³-hybridized carbons (Fsp3) is 0.391. The van der Waals surface area contributed by atoms with Crippen molar-refractivity contribution in [1.82, 2.24) is 10.2 Å². The van der Waals surface area contributed by atoms with Gasteiger partial charge in [0.1, 0.15) is 12.6 Å². The van der Waals surface area contributed by atoms with E-state index in [0.717, 1.165) is 17.0 Å². The van der Waals surface area contributed by atoms with Crippen LogP contribution in [0.25, 0.3) is 0 Å². The quantitative estimate of drug-likeness (QED) is 0.528. The highest BCUT2D eigenvalue weighted by Crippen LogP contribution is 2.36. The predicted molar refractivity (Wildman–Crippen MR) is 130 cm³/mol. The second-order valence-electron chi connectivity index (χ2n) is 7.93. The molecular weight excluding hydrogens is 482 g/mol. The minimum absolute atomic E-state index is 0.0361. The van der Waals surface area contributed by atoms with Gasteiger partial charge in [0.25, 0.3) is 0 Å². The SMILES string of the molecule is CCCNC(=O)[C@H](C)N(Cc1cccc(Cl)c1)C(=O)CN(c1ccc2c(c1)OCO2)S(C)(=O)=O. The van der Waals surface area contributed by atoms with Crippen LogP contribution in [0.3, 0.4) is 0 Å². The normalized spacial score (nSPS) is 13.3. The Morgan fingerprint density at radius 2 is 1.88 bits per heavy atom. The monoisotopic (exact) mass is 509 g/mol. The lowest BCUT2D eigenvalue weighted by molar-refractivity contribution is -0.139. The number of rotatable bonds is 10. The molecule has 0 unspecified atom stereocenters. The molecule has 1 aliphatic heterocycles. The maximum Gasteiger partial charge on any atom is 0.244 e. The van der Waals surface area contributed by atoms with E-state index in [1.165, 1.54) is 11.0 Å². The van der Waals surface area contributed by atoms with Gasteiger partial charge in [-0.15, -0.1) is 0 Å². The number of benzene rings is 2. The summed E-state index contributed by atoms with van der Waals surface area (Å²) < 4.78 is 36.9. The van der Waals surface area contributed by atoms with Crippen LogP contribution >= 0.6 is 11.6 Å². The number of hydrogen-bond donors (Lipinski definition) is 1. The van der Waals surface area contributed by atoms with Gasteiger partial charge >= 0.3 is 0 Å². The molecular formula is C23H28ClN3O6S. The number of ether oxygens (including phenoxy) is 2. The molecule has 3 rings (SSSR count). The highest BCUT2D eigenvalue weighted by Gasteiger charge is 2.30. The van der Waals surface area contributed by atoms with Crippen molar-refractivity contribution in [3.8, 4) is 11.5 Å². The molecule has 0 saturated heterocycles. The second-order valence-corrected chi connectivity index (χ2v) is 10.3. The topological polar surface area (TPSA) is 105 Å². The largest absolute Gasteiger partial charge is 0.454 e. The van der Waals surface area contributed by atoms with E-state index in [4.69, 9.17) is 21.1 Å². The summed E-state index contributed by atoms with van der Waals surface area (Å²) in [6.45, 7) is 3.63. The third kappa shape index (κ3) is 6.32. The minimum Gasteiger partial charge on any atom is -0.454 e. The van der Waals surface area contributed by atoms with Gasteiger partial charge in [-0.25, -0.2) is 8.42 Å². The molecule has 0 bridgehead atoms. The zero-order valence-corrected chi connectivity index (χ0v) is 20.9. The highest BCUT2D eigenvalue weighted by atomic mass is 35.5. The van der Waals surface area contributed by atoms with Crippen molar-refractivity contribution in [3.63, 3.8) is 0 Å². The summed E-state index contributed by atoms with van der Waals surface area (Å²) in [5.41, 5.74) is 0.968. The van der Waals surface area contributed by atoms with E-state index < -0.39 is 28.5 Å². The Labute approximate surface area is 204 Å². The molecule has 0 aliphatic carbocycles. The molecule has 1 heterocycles. The molecule has 0 fully saturated rings. The second kappa shape index (κ2) is 11.0. The van der Waals surface area contributed by atoms with Crippen LogP contribution in [-0.2, 0) is 26.2 Å². The van der Waals surface area contributed by atoms with Crippen LogP contribution < -0.4 is 19.1 Å². The van der Waals surface area contributed by atoms with Gasteiger partial charge in [0, 0.05) is 24.2 Å². The summed E-state index contributed by atoms with van der Waals surface area (Å²) in [4.78, 5) is 27.5. The number of hydrogen-bond acceptors (Lipinski definition) is 6. The van der Waals surface area contributed by atoms with E-state index in [1.54, 1.807) is 43.3 Å². The molecule has 2 amide bonds. The number of sulfonamides is 1. The fourth-order valence-electron chi connectivity index (χ4n) is 3.46. The van der Waals surface area contributed by atoms with Gasteiger partial charge in [-0.05, 0) is 43.2 Å². The Kier molecular flexibility index (Phi) is 8.27. The van der Waals surface area contributed by atoms with E-state index in [9.17, 15) is 18.0 Å². The zero-order chi connectivity index (χ0) is 24.9. The van der Waals surface area contributed by atoms with Crippen molar-refractivity contribution in [2.75, 3.05) is 30.4 Å². The number of anilines is 1. The van der Waals surface area contributed by atoms with Crippen LogP contribution in [0.1, 0.15) is 25.8 Å². The van der Waals surface area contributed by atoms with E-state index >= 15 is 0 Å². The Hall–Kier alpha value is -2.98. The molecule has 1 atom stereocenters. The van der Waals surface area contributed by atoms with E-state index in [2.05, 4.69) is 5.32 Å². The van der Waals surface area contributed by atoms with Crippen molar-refractivity contribution in [2.24, 2.45) is 0 Å². The van der Waals surface area contributed by atoms with Crippen molar-refractivity contribution >= 4 is 39.1 Å². The predicted octanol–water partition coefficient (Wildman–Crippen LogP) is 2.78. The summed E-state index contributed by atoms with van der Waals surface area (Å²) >= 11 is 6.10. The molecule has 1 aliphatic rings. The number of halogens is 1. The van der Waals surface area contributed by atoms with Gasteiger partial charge in [-0.1, -0.05) is 30.7 Å². The number of fused-ring (bicyclic) bond motifs is 1. The number of nitrogens with zero attached hydrogens (tertiary/aromatic N) is 2. The summed E-state index contributed by atoms with van der Waals surface area (Å²) in [5, 5.41) is 3.28. The van der Waals surface area contributed by atoms with Gasteiger partial charge in [-0.2, -0.15) is 0 Å². The number of nitrogens with one attached hydrogen (secondary N) is 1. The van der Waals surface area contributed by atoms with Crippen LogP contribution in [0.5, 0.6) is 11.5 Å². The van der Waals surface area contributed by atoms with Gasteiger partial charge in [0.2, 0.25) is 28.6 Å². The first kappa shape index (κ1) is 25.6. The Morgan fingerprint density at radius 1 is 1.15 bits per heavy atom. The molecule has 2 aromatic rings. The van der Waals surface area contributed by atoms with Gasteiger partial charge in [-0.3, -0.25) is 13.9 Å². The average Bonchev–Trinajstić information content (AvgIpc) is 3.26. The first-order valence-corrected chi connectivity index (χ1v) is 13.0. The lowest BCUT2D eigenvalue weighted by Crippen LogP contribution is -2.51. The molecule has 0 aromatic heterocycles. The van der Waals surface area contributed by atoms with Crippen LogP contribution in [0, 0.1) is 0 Å². The molecule has 0 spiro atoms. The zero-order valence-electron chi connectivity index (χ0n) is 19.3. The maximum absolute atomic E-state index is 13.5. The Balaban J connectivity index is 1.90. The minimum atomic E-state index is -3.84. The molecule has 11 heteroatoms. The van der Waals surface area contributed by atoms with E-state index in [-0.39, 0.29) is 24.9 Å². The number of carbonyl (C=O) groups excluding carboxylic acids is 2. The fourth-order valence-corrected chi connectivity index (χ4v) is 4.52. The Morgan fingerprint density at radius 3 is 2.56 bits per heavy atom. The summed E-state index contributed by atoms with van der Waals surface area (Å²) in [6.07, 6.45) is 1.76. The third-order valence-corrected chi connectivity index (χ3v) is 6.66. The molecule has 2 aromatic carbocycles. The standard InChI is InChI=1S/C23H28ClN3O6S/c1-4-10-25-23(29)16(2)26(13-17-6-5-7-18(24)11-17)22(28)14-27(34(3,30)31)19-8-9-20-21(12-19)33-15-32-20/h5-9,11-12,16H,4,10,13-15H2,1-3H3,(H,25,29)/t16-/m0/s1. The van der Waals surface area contributed by atoms with Crippen LogP contribution in [0.2, 0.25) is 5.02 Å². The summed E-state index contributed by atoms with van der Waals surface area (Å²) in [6, 6.07) is 10.7. The van der Waals surface area contributed by atoms with Crippen LogP contribution in [0.15, 0.2) is 42.5 Å². The first-order valence-electron chi connectivity index (χ1n) is 10.8. The first-order chi connectivity index (χ1) is 16.1. The molecule has 0 radical (unpaired) electrons. The smallest absolute Gasteiger partial charge is 0.244 e. The van der Waals surface area contributed by atoms with Crippen molar-refractivity contribution < 1.29 is 27.5 Å². The summed E-state index contributed by atoms with van der Waals surface area (Å²) in [5.74, 6) is 0.0162. The van der Waals surface area contributed by atoms with Crippen LogP contribution in [-0.4, -0.2) is 57.3 Å². The Bertz CT molecular complexity index is 1160. The van der Waals surface area contributed by atoms with E-state index in [0.29, 0.717) is 28.6 Å². The van der Waals surface area contributed by atoms with Crippen molar-refractivity contribution in [3.05, 3.63) is 53.1 Å². The number of amides is 2. The molecule has 1 N–H and O–H groups in total. The number of carbonyl (C=O) groups is 2. The molecule has 0 saturated carbocycles. The van der Waals surface area contributed by atoms with E-state index in [1.807, 2.05) is 6.92 Å². The highest BCUT2D eigenvalue weighted by molar-refractivity contribution is 7.92. The molecule has 184 valence electrons. The van der Waals surface area contributed by atoms with Crippen molar-refractivity contribution in [2.45, 2.75) is 32.9 Å². The summed E-state index contributed by atoms with van der Waals surface area (Å²) in [7, 11) is -3.84. The van der Waals surface area contributed by atoms with Gasteiger partial charge < -0.3 is 19.7 Å². The van der Waals surface area contributed by atoms with Crippen molar-refractivity contribution in [1.29, 1.82) is 0 Å². The van der Waals surface area contributed by atoms with Gasteiger partial charge in [0.15, 0.2) is 11.5 Å². The van der Waals surface area contributed by atoms with Gasteiger partial charge in [0.05, 0.1) is 11.9 Å². The average molecular weight is 510 g/mol. The maximum atomic E-state index is 13.5. The third-order valence-electron chi connectivity index (χ3n) is 5.28. The lowest BCUT2D eigenvalue weighted by Gasteiger charge is -2.31. The van der Waals surface area contributed by atoms with Crippen LogP contribution in [0.4, 0.5) is 5.69 Å². The molecule has 9 nitrogen and oxygen atoms in total. The lowest BCUT2D eigenvalue weighted by atomic mass is 10.1.